The van der Waals surface area contributed by atoms with Crippen molar-refractivity contribution < 1.29 is 28.8 Å². The fourth-order valence-electron chi connectivity index (χ4n) is 2.90. The van der Waals surface area contributed by atoms with Gasteiger partial charge in [-0.3, -0.25) is 0 Å². The summed E-state index contributed by atoms with van der Waals surface area (Å²) in [6.45, 7) is 7.19. The third kappa shape index (κ3) is 2.04. The third-order valence-electron chi connectivity index (χ3n) is 3.75. The van der Waals surface area contributed by atoms with Crippen LogP contribution >= 0.6 is 0 Å². The van der Waals surface area contributed by atoms with E-state index < -0.39 is 41.8 Å². The summed E-state index contributed by atoms with van der Waals surface area (Å²) in [6.07, 6.45) is -3.07. The van der Waals surface area contributed by atoms with Gasteiger partial charge < -0.3 is 28.8 Å². The van der Waals surface area contributed by atoms with E-state index in [1.807, 2.05) is 6.07 Å². The Bertz CT molecular complexity index is 458. The van der Waals surface area contributed by atoms with Gasteiger partial charge in [-0.1, -0.05) is 0 Å². The molecule has 0 unspecified atom stereocenters. The molecule has 0 bridgehead atoms. The van der Waals surface area contributed by atoms with Gasteiger partial charge in [0.15, 0.2) is 24.0 Å². The number of hydrogen-bond donors (Lipinski definition) is 1. The second-order valence-corrected chi connectivity index (χ2v) is 6.29. The molecule has 0 aromatic carbocycles. The molecule has 0 spiro atoms. The highest BCUT2D eigenvalue weighted by Crippen LogP contribution is 2.45. The van der Waals surface area contributed by atoms with Crippen LogP contribution in [0.1, 0.15) is 27.7 Å². The van der Waals surface area contributed by atoms with Crippen LogP contribution < -0.4 is 0 Å². The lowest BCUT2D eigenvalue weighted by Crippen LogP contribution is -2.53. The van der Waals surface area contributed by atoms with Crippen LogP contribution in [0.5, 0.6) is 0 Å². The zero-order chi connectivity index (χ0) is 14.8. The molecule has 7 nitrogen and oxygen atoms in total. The summed E-state index contributed by atoms with van der Waals surface area (Å²) >= 11 is 0. The smallest absolute Gasteiger partial charge is 0.211 e. The molecule has 0 radical (unpaired) electrons. The molecule has 3 rings (SSSR count). The maximum absolute atomic E-state index is 10.7. The second kappa shape index (κ2) is 4.13. The Balaban J connectivity index is 1.83. The Morgan fingerprint density at radius 2 is 1.75 bits per heavy atom. The molecule has 0 aromatic rings. The van der Waals surface area contributed by atoms with E-state index in [0.29, 0.717) is 0 Å². The van der Waals surface area contributed by atoms with Crippen molar-refractivity contribution in [3.8, 4) is 6.07 Å². The van der Waals surface area contributed by atoms with Gasteiger partial charge in [0.05, 0.1) is 6.61 Å². The van der Waals surface area contributed by atoms with Crippen LogP contribution in [0.2, 0.25) is 0 Å². The van der Waals surface area contributed by atoms with E-state index in [9.17, 15) is 10.4 Å². The summed E-state index contributed by atoms with van der Waals surface area (Å²) < 4.78 is 28.0. The van der Waals surface area contributed by atoms with Gasteiger partial charge in [-0.25, -0.2) is 0 Å². The molecule has 3 aliphatic heterocycles. The Morgan fingerprint density at radius 1 is 1.05 bits per heavy atom. The highest BCUT2D eigenvalue weighted by Gasteiger charge is 2.66. The van der Waals surface area contributed by atoms with E-state index in [2.05, 4.69) is 0 Å². The maximum atomic E-state index is 10.7. The highest BCUT2D eigenvalue weighted by molar-refractivity contribution is 5.19. The summed E-state index contributed by atoms with van der Waals surface area (Å²) in [5, 5.41) is 20.1. The summed E-state index contributed by atoms with van der Waals surface area (Å²) in [4.78, 5) is 0. The molecule has 112 valence electrons. The molecule has 7 heteroatoms. The fraction of sp³-hybridized carbons (Fsp3) is 0.923. The van der Waals surface area contributed by atoms with Crippen LogP contribution in [0.3, 0.4) is 0 Å². The van der Waals surface area contributed by atoms with Crippen LogP contribution in [-0.4, -0.2) is 53.5 Å². The second-order valence-electron chi connectivity index (χ2n) is 6.29. The van der Waals surface area contributed by atoms with Crippen molar-refractivity contribution in [3.63, 3.8) is 0 Å². The maximum Gasteiger partial charge on any atom is 0.211 e. The first-order valence-electron chi connectivity index (χ1n) is 6.63. The van der Waals surface area contributed by atoms with Crippen molar-refractivity contribution in [2.24, 2.45) is 0 Å². The Kier molecular flexibility index (Phi) is 2.93. The average Bonchev–Trinajstić information content (AvgIpc) is 2.91. The Hall–Kier alpha value is -0.750. The molecule has 0 amide bonds. The Labute approximate surface area is 117 Å². The normalized spacial score (nSPS) is 49.0. The van der Waals surface area contributed by atoms with Crippen molar-refractivity contribution >= 4 is 0 Å². The van der Waals surface area contributed by atoms with Gasteiger partial charge >= 0.3 is 0 Å². The van der Waals surface area contributed by atoms with Crippen molar-refractivity contribution in [1.82, 2.24) is 0 Å². The molecule has 20 heavy (non-hydrogen) atoms. The molecule has 0 aromatic heterocycles. The molecular formula is C13H19NO6. The number of rotatable bonds is 1. The van der Waals surface area contributed by atoms with E-state index in [1.165, 1.54) is 0 Å². The minimum absolute atomic E-state index is 0.241. The lowest BCUT2D eigenvalue weighted by Gasteiger charge is -2.30. The molecular weight excluding hydrogens is 266 g/mol. The van der Waals surface area contributed by atoms with Crippen LogP contribution in [0, 0.1) is 11.3 Å². The summed E-state index contributed by atoms with van der Waals surface area (Å²) in [6, 6.07) is 1.89. The van der Waals surface area contributed by atoms with Gasteiger partial charge in [-0.2, -0.15) is 5.26 Å². The first kappa shape index (κ1) is 14.2. The first-order valence-corrected chi connectivity index (χ1v) is 6.63. The first-order chi connectivity index (χ1) is 9.17. The van der Waals surface area contributed by atoms with Crippen molar-refractivity contribution in [2.75, 3.05) is 6.61 Å². The molecule has 0 saturated carbocycles. The van der Waals surface area contributed by atoms with E-state index in [1.54, 1.807) is 27.7 Å². The van der Waals surface area contributed by atoms with E-state index in [4.69, 9.17) is 23.7 Å². The monoisotopic (exact) mass is 285 g/mol. The summed E-state index contributed by atoms with van der Waals surface area (Å²) in [5.74, 6) is -1.65. The fourth-order valence-corrected chi connectivity index (χ4v) is 2.90. The van der Waals surface area contributed by atoms with Gasteiger partial charge in [0.1, 0.15) is 18.3 Å². The van der Waals surface area contributed by atoms with Gasteiger partial charge in [0.2, 0.25) is 5.60 Å². The molecule has 3 fully saturated rings. The summed E-state index contributed by atoms with van der Waals surface area (Å²) in [7, 11) is 0. The largest absolute Gasteiger partial charge is 0.371 e. The molecule has 5 atom stereocenters. The summed E-state index contributed by atoms with van der Waals surface area (Å²) in [5.41, 5.74) is -1.83. The van der Waals surface area contributed by atoms with E-state index in [-0.39, 0.29) is 6.61 Å². The average molecular weight is 285 g/mol. The number of nitrogens with zero attached hydrogens (tertiary/aromatic N) is 1. The zero-order valence-corrected chi connectivity index (χ0v) is 12.0. The third-order valence-corrected chi connectivity index (χ3v) is 3.75. The van der Waals surface area contributed by atoms with Crippen LogP contribution in [0.25, 0.3) is 0 Å². The highest BCUT2D eigenvalue weighted by atomic mass is 16.8. The molecule has 1 N–H and O–H groups in total. The minimum Gasteiger partial charge on any atom is -0.371 e. The van der Waals surface area contributed by atoms with Crippen LogP contribution in [0.4, 0.5) is 0 Å². The van der Waals surface area contributed by atoms with Gasteiger partial charge in [-0.15, -0.1) is 0 Å². The van der Waals surface area contributed by atoms with Gasteiger partial charge in [-0.05, 0) is 27.7 Å². The predicted molar refractivity (Wildman–Crippen MR) is 64.2 cm³/mol. The lowest BCUT2D eigenvalue weighted by atomic mass is 9.91. The predicted octanol–water partition coefficient (Wildman–Crippen LogP) is 0.269. The Morgan fingerprint density at radius 3 is 2.30 bits per heavy atom. The van der Waals surface area contributed by atoms with E-state index in [0.717, 1.165) is 0 Å². The van der Waals surface area contributed by atoms with Crippen LogP contribution in [0.15, 0.2) is 0 Å². The van der Waals surface area contributed by atoms with Crippen molar-refractivity contribution in [3.05, 3.63) is 0 Å². The lowest BCUT2D eigenvalue weighted by molar-refractivity contribution is -0.240. The van der Waals surface area contributed by atoms with Crippen molar-refractivity contribution in [1.29, 1.82) is 5.26 Å². The van der Waals surface area contributed by atoms with E-state index >= 15 is 0 Å². The van der Waals surface area contributed by atoms with Crippen molar-refractivity contribution in [2.45, 2.75) is 69.5 Å². The van der Waals surface area contributed by atoms with Gasteiger partial charge in [0, 0.05) is 0 Å². The number of nitriles is 1. The van der Waals surface area contributed by atoms with Gasteiger partial charge in [0.25, 0.3) is 0 Å². The molecule has 3 saturated heterocycles. The standard InChI is InChI=1S/C13H19NO6/c1-11(2)16-5-7(18-11)8-13(15,6-14)9-10(17-8)20-12(3,4)19-9/h7-10,15H,5H2,1-4H3/t7-,8-,9+,10-,13-/m1/s1. The molecule has 3 heterocycles. The number of ether oxygens (including phenoxy) is 5. The quantitative estimate of drug-likeness (QED) is 0.691. The zero-order valence-electron chi connectivity index (χ0n) is 12.0. The molecule has 0 aliphatic carbocycles. The SMILES string of the molecule is CC1(C)OC[C@H]([C@H]2O[C@@H]3OC(C)(C)O[C@@H]3[C@@]2(O)C#N)O1. The minimum atomic E-state index is -1.83. The number of fused-ring (bicyclic) bond motifs is 1. The van der Waals surface area contributed by atoms with Crippen LogP contribution in [-0.2, 0) is 23.7 Å². The topological polar surface area (TPSA) is 90.2 Å². The molecule has 3 aliphatic rings. The number of hydrogen-bond acceptors (Lipinski definition) is 7. The number of aliphatic hydroxyl groups is 1.